The summed E-state index contributed by atoms with van der Waals surface area (Å²) in [5, 5.41) is 3.73. The maximum Gasteiger partial charge on any atom is 0.334 e. The lowest BCUT2D eigenvalue weighted by molar-refractivity contribution is -0.139. The summed E-state index contributed by atoms with van der Waals surface area (Å²) in [4.78, 5) is 39.6. The molecule has 1 heterocycles. The van der Waals surface area contributed by atoms with E-state index in [-0.39, 0.29) is 29.6 Å². The van der Waals surface area contributed by atoms with Crippen LogP contribution < -0.4 is 15.8 Å². The molecule has 1 aromatic heterocycles. The number of primary amides is 1. The molecule has 0 aliphatic heterocycles. The fourth-order valence-corrected chi connectivity index (χ4v) is 2.95. The summed E-state index contributed by atoms with van der Waals surface area (Å²) < 4.78 is 5.44. The summed E-state index contributed by atoms with van der Waals surface area (Å²) in [6.45, 7) is 3.50. The average Bonchev–Trinajstić information content (AvgIpc) is 3.10. The van der Waals surface area contributed by atoms with Gasteiger partial charge in [-0.2, -0.15) is 0 Å². The van der Waals surface area contributed by atoms with Crippen LogP contribution in [0.3, 0.4) is 0 Å². The van der Waals surface area contributed by atoms with Gasteiger partial charge in [-0.25, -0.2) is 4.79 Å². The van der Waals surface area contributed by atoms with E-state index in [1.807, 2.05) is 30.5 Å². The van der Waals surface area contributed by atoms with Crippen LogP contribution >= 0.6 is 0 Å². The molecule has 2 amide bonds. The van der Waals surface area contributed by atoms with Gasteiger partial charge in [0.15, 0.2) is 0 Å². The third kappa shape index (κ3) is 4.82. The Hall–Kier alpha value is -3.61. The largest absolute Gasteiger partial charge is 0.425 e. The number of benzene rings is 2. The number of nitrogens with one attached hydrogen (secondary N) is 2. The Labute approximate surface area is 168 Å². The number of para-hydroxylation sites is 1. The molecule has 1 unspecified atom stereocenters. The Morgan fingerprint density at radius 1 is 1.10 bits per heavy atom. The van der Waals surface area contributed by atoms with Crippen LogP contribution in [-0.4, -0.2) is 28.8 Å². The first-order valence-electron chi connectivity index (χ1n) is 9.32. The predicted molar refractivity (Wildman–Crippen MR) is 109 cm³/mol. The summed E-state index contributed by atoms with van der Waals surface area (Å²) in [5.41, 5.74) is 7.34. The highest BCUT2D eigenvalue weighted by atomic mass is 16.5. The summed E-state index contributed by atoms with van der Waals surface area (Å²) >= 11 is 0. The molecule has 29 heavy (non-hydrogen) atoms. The predicted octanol–water partition coefficient (Wildman–Crippen LogP) is 2.56. The van der Waals surface area contributed by atoms with Crippen molar-refractivity contribution in [3.05, 3.63) is 65.9 Å². The molecular weight excluding hydrogens is 370 g/mol. The smallest absolute Gasteiger partial charge is 0.334 e. The molecule has 3 aromatic rings. The molecule has 7 nitrogen and oxygen atoms in total. The van der Waals surface area contributed by atoms with Crippen LogP contribution in [-0.2, 0) is 16.0 Å². The molecule has 0 aliphatic rings. The maximum atomic E-state index is 12.9. The molecule has 2 aromatic carbocycles. The minimum absolute atomic E-state index is 0.189. The molecule has 0 saturated heterocycles. The van der Waals surface area contributed by atoms with Gasteiger partial charge < -0.3 is 20.8 Å². The normalized spacial score (nSPS) is 12.0. The van der Waals surface area contributed by atoms with Crippen molar-refractivity contribution >= 4 is 28.7 Å². The highest BCUT2D eigenvalue weighted by molar-refractivity contribution is 5.93. The lowest BCUT2D eigenvalue weighted by atomic mass is 10.0. The Kier molecular flexibility index (Phi) is 5.97. The van der Waals surface area contributed by atoms with Gasteiger partial charge in [0.1, 0.15) is 11.8 Å². The molecule has 0 radical (unpaired) electrons. The van der Waals surface area contributed by atoms with Crippen molar-refractivity contribution in [1.29, 1.82) is 0 Å². The zero-order valence-electron chi connectivity index (χ0n) is 16.3. The van der Waals surface area contributed by atoms with Crippen molar-refractivity contribution in [1.82, 2.24) is 10.3 Å². The van der Waals surface area contributed by atoms with Crippen molar-refractivity contribution in [3.8, 4) is 5.75 Å². The number of fused-ring (bicyclic) bond motifs is 1. The topological polar surface area (TPSA) is 114 Å². The first kappa shape index (κ1) is 20.1. The van der Waals surface area contributed by atoms with Crippen LogP contribution in [0.5, 0.6) is 5.75 Å². The number of H-pyrrole nitrogens is 1. The van der Waals surface area contributed by atoms with E-state index in [9.17, 15) is 14.4 Å². The van der Waals surface area contributed by atoms with Crippen LogP contribution in [0.15, 0.2) is 54.7 Å². The average molecular weight is 393 g/mol. The van der Waals surface area contributed by atoms with Gasteiger partial charge in [-0.3, -0.25) is 9.59 Å². The van der Waals surface area contributed by atoms with Gasteiger partial charge in [-0.1, -0.05) is 38.1 Å². The van der Waals surface area contributed by atoms with Gasteiger partial charge >= 0.3 is 5.97 Å². The molecule has 0 spiro atoms. The second-order valence-electron chi connectivity index (χ2n) is 7.09. The van der Waals surface area contributed by atoms with E-state index < -0.39 is 17.9 Å². The number of aromatic nitrogens is 1. The van der Waals surface area contributed by atoms with Gasteiger partial charge in [-0.05, 0) is 29.8 Å². The lowest BCUT2D eigenvalue weighted by Gasteiger charge is -2.19. The number of ether oxygens (including phenoxy) is 1. The third-order valence-electron chi connectivity index (χ3n) is 4.56. The number of aromatic amines is 1. The van der Waals surface area contributed by atoms with Gasteiger partial charge in [0.05, 0.1) is 0 Å². The van der Waals surface area contributed by atoms with Crippen molar-refractivity contribution in [2.75, 3.05) is 0 Å². The summed E-state index contributed by atoms with van der Waals surface area (Å²) in [7, 11) is 0. The van der Waals surface area contributed by atoms with Crippen LogP contribution in [0.25, 0.3) is 10.9 Å². The number of amides is 2. The Bertz CT molecular complexity index is 1050. The highest BCUT2D eigenvalue weighted by Gasteiger charge is 2.25. The quantitative estimate of drug-likeness (QED) is 0.423. The number of hydrogen-bond donors (Lipinski definition) is 3. The second-order valence-corrected chi connectivity index (χ2v) is 7.09. The SMILES string of the molecule is CC(C)C(=O)NC(Cc1c[nH]c2ccccc12)C(=O)Oc1cccc(C(N)=O)c1. The molecule has 1 atom stereocenters. The Balaban J connectivity index is 1.84. The van der Waals surface area contributed by atoms with Crippen molar-refractivity contribution < 1.29 is 19.1 Å². The minimum atomic E-state index is -0.888. The molecule has 150 valence electrons. The monoisotopic (exact) mass is 393 g/mol. The maximum absolute atomic E-state index is 12.9. The molecular formula is C22H23N3O4. The summed E-state index contributed by atoms with van der Waals surface area (Å²) in [5.74, 6) is -1.59. The number of esters is 1. The highest BCUT2D eigenvalue weighted by Crippen LogP contribution is 2.20. The van der Waals surface area contributed by atoms with E-state index in [4.69, 9.17) is 10.5 Å². The lowest BCUT2D eigenvalue weighted by Crippen LogP contribution is -2.46. The molecule has 0 bridgehead atoms. The standard InChI is InChI=1S/C22H23N3O4/c1-13(2)21(27)25-19(11-15-12-24-18-9-4-3-8-17(15)18)22(28)29-16-7-5-6-14(10-16)20(23)26/h3-10,12-13,19,24H,11H2,1-2H3,(H2,23,26)(H,25,27). The molecule has 0 fully saturated rings. The van der Waals surface area contributed by atoms with Crippen LogP contribution in [0.2, 0.25) is 0 Å². The van der Waals surface area contributed by atoms with Gasteiger partial charge in [0.25, 0.3) is 0 Å². The molecule has 4 N–H and O–H groups in total. The number of hydrogen-bond acceptors (Lipinski definition) is 4. The molecule has 0 aliphatic carbocycles. The second kappa shape index (κ2) is 8.60. The van der Waals surface area contributed by atoms with E-state index >= 15 is 0 Å². The number of rotatable bonds is 7. The van der Waals surface area contributed by atoms with Gasteiger partial charge in [0, 0.05) is 35.0 Å². The summed E-state index contributed by atoms with van der Waals surface area (Å²) in [6, 6.07) is 12.9. The van der Waals surface area contributed by atoms with E-state index in [1.54, 1.807) is 26.0 Å². The Morgan fingerprint density at radius 3 is 2.59 bits per heavy atom. The van der Waals surface area contributed by atoms with E-state index in [1.165, 1.54) is 12.1 Å². The molecule has 7 heteroatoms. The number of carbonyl (C=O) groups is 3. The third-order valence-corrected chi connectivity index (χ3v) is 4.56. The van der Waals surface area contributed by atoms with Crippen LogP contribution in [0.1, 0.15) is 29.8 Å². The molecule has 3 rings (SSSR count). The fourth-order valence-electron chi connectivity index (χ4n) is 2.95. The minimum Gasteiger partial charge on any atom is -0.425 e. The first-order chi connectivity index (χ1) is 13.8. The van der Waals surface area contributed by atoms with Crippen molar-refractivity contribution in [2.24, 2.45) is 11.7 Å². The van der Waals surface area contributed by atoms with Crippen LogP contribution in [0, 0.1) is 5.92 Å². The van der Waals surface area contributed by atoms with Crippen molar-refractivity contribution in [2.45, 2.75) is 26.3 Å². The number of nitrogens with two attached hydrogens (primary N) is 1. The fraction of sp³-hybridized carbons (Fsp3) is 0.227. The number of carbonyl (C=O) groups excluding carboxylic acids is 3. The molecule has 0 saturated carbocycles. The zero-order valence-corrected chi connectivity index (χ0v) is 16.3. The van der Waals surface area contributed by atoms with Gasteiger partial charge in [0.2, 0.25) is 11.8 Å². The van der Waals surface area contributed by atoms with E-state index in [2.05, 4.69) is 10.3 Å². The van der Waals surface area contributed by atoms with Crippen molar-refractivity contribution in [3.63, 3.8) is 0 Å². The Morgan fingerprint density at radius 2 is 1.86 bits per heavy atom. The van der Waals surface area contributed by atoms with E-state index in [0.29, 0.717) is 0 Å². The first-order valence-corrected chi connectivity index (χ1v) is 9.32. The van der Waals surface area contributed by atoms with Gasteiger partial charge in [-0.15, -0.1) is 0 Å². The van der Waals surface area contributed by atoms with E-state index in [0.717, 1.165) is 16.5 Å². The zero-order chi connectivity index (χ0) is 21.0. The summed E-state index contributed by atoms with van der Waals surface area (Å²) in [6.07, 6.45) is 2.08. The van der Waals surface area contributed by atoms with Crippen LogP contribution in [0.4, 0.5) is 0 Å².